The molecule has 1 aliphatic heterocycles. The van der Waals surface area contributed by atoms with Gasteiger partial charge < -0.3 is 20.6 Å². The molecule has 1 aliphatic carbocycles. The molecule has 2 aliphatic rings. The molecule has 4 atom stereocenters. The van der Waals surface area contributed by atoms with Crippen molar-refractivity contribution in [2.75, 3.05) is 11.9 Å². The number of likely N-dealkylation sites (tertiary alicyclic amines) is 1. The zero-order valence-electron chi connectivity index (χ0n) is 20.0. The van der Waals surface area contributed by atoms with Crippen LogP contribution >= 0.6 is 11.3 Å². The molecule has 1 saturated carbocycles. The van der Waals surface area contributed by atoms with Crippen LogP contribution in [-0.2, 0) is 0 Å². The van der Waals surface area contributed by atoms with E-state index in [0.29, 0.717) is 30.7 Å². The SMILES string of the molecule is CC(Nc1cc(C(F)F)c(-c2sc(C(=O)N[C@@H]3CC[C@H]3O)nc2C(=O)N2CCC[C@@H]2C)cn1)C(F)(F)F. The van der Waals surface area contributed by atoms with E-state index in [-0.39, 0.29) is 27.2 Å². The number of pyridine rings is 1. The largest absolute Gasteiger partial charge is 0.408 e. The number of alkyl halides is 5. The van der Waals surface area contributed by atoms with E-state index in [9.17, 15) is 36.6 Å². The summed E-state index contributed by atoms with van der Waals surface area (Å²) in [6, 6.07) is -1.82. The maximum absolute atomic E-state index is 14.1. The normalized spacial score (nSPS) is 22.6. The molecule has 1 saturated heterocycles. The van der Waals surface area contributed by atoms with Crippen molar-refractivity contribution in [3.63, 3.8) is 0 Å². The van der Waals surface area contributed by atoms with Gasteiger partial charge in [-0.2, -0.15) is 13.2 Å². The highest BCUT2D eigenvalue weighted by molar-refractivity contribution is 7.17. The molecule has 0 spiro atoms. The van der Waals surface area contributed by atoms with E-state index in [1.165, 1.54) is 0 Å². The minimum absolute atomic E-state index is 0.0263. The third-order valence-corrected chi connectivity index (χ3v) is 7.75. The smallest absolute Gasteiger partial charge is 0.391 e. The number of aliphatic hydroxyl groups is 1. The lowest BCUT2D eigenvalue weighted by molar-refractivity contribution is -0.138. The van der Waals surface area contributed by atoms with E-state index >= 15 is 0 Å². The molecule has 2 aromatic rings. The second kappa shape index (κ2) is 10.5. The van der Waals surface area contributed by atoms with Crippen LogP contribution in [0.3, 0.4) is 0 Å². The molecule has 37 heavy (non-hydrogen) atoms. The Morgan fingerprint density at radius 2 is 1.97 bits per heavy atom. The molecule has 3 N–H and O–H groups in total. The number of hydrogen-bond acceptors (Lipinski definition) is 7. The molecule has 8 nitrogen and oxygen atoms in total. The number of thiazole rings is 1. The number of amides is 2. The molecule has 2 aromatic heterocycles. The van der Waals surface area contributed by atoms with Gasteiger partial charge in [0.05, 0.1) is 17.0 Å². The summed E-state index contributed by atoms with van der Waals surface area (Å²) < 4.78 is 67.0. The number of aliphatic hydroxyl groups excluding tert-OH is 1. The number of nitrogens with one attached hydrogen (secondary N) is 2. The van der Waals surface area contributed by atoms with E-state index < -0.39 is 54.0 Å². The molecule has 0 bridgehead atoms. The fourth-order valence-corrected chi connectivity index (χ4v) is 5.21. The van der Waals surface area contributed by atoms with Crippen molar-refractivity contribution in [3.8, 4) is 10.4 Å². The van der Waals surface area contributed by atoms with Crippen LogP contribution in [0.5, 0.6) is 0 Å². The van der Waals surface area contributed by atoms with E-state index in [2.05, 4.69) is 20.6 Å². The van der Waals surface area contributed by atoms with Crippen molar-refractivity contribution in [1.29, 1.82) is 0 Å². The van der Waals surface area contributed by atoms with Gasteiger partial charge in [-0.15, -0.1) is 11.3 Å². The topological polar surface area (TPSA) is 107 Å². The Hall–Kier alpha value is -2.87. The fourth-order valence-electron chi connectivity index (χ4n) is 4.22. The Morgan fingerprint density at radius 3 is 2.51 bits per heavy atom. The zero-order chi connectivity index (χ0) is 27.1. The summed E-state index contributed by atoms with van der Waals surface area (Å²) in [4.78, 5) is 35.8. The first-order valence-corrected chi connectivity index (χ1v) is 12.6. The number of anilines is 1. The third-order valence-electron chi connectivity index (χ3n) is 6.66. The van der Waals surface area contributed by atoms with Crippen LogP contribution in [-0.4, -0.2) is 68.7 Å². The summed E-state index contributed by atoms with van der Waals surface area (Å²) in [5, 5.41) is 14.3. The summed E-state index contributed by atoms with van der Waals surface area (Å²) in [6.07, 6.45) is -4.89. The molecule has 2 fully saturated rings. The van der Waals surface area contributed by atoms with Crippen LogP contribution in [0.4, 0.5) is 27.8 Å². The molecular formula is C23H26F5N5O3S. The van der Waals surface area contributed by atoms with Gasteiger partial charge in [-0.25, -0.2) is 18.7 Å². The first-order chi connectivity index (χ1) is 17.4. The second-order valence-electron chi connectivity index (χ2n) is 9.28. The molecule has 0 aromatic carbocycles. The van der Waals surface area contributed by atoms with Crippen LogP contribution < -0.4 is 10.6 Å². The maximum atomic E-state index is 14.1. The number of hydrogen-bond donors (Lipinski definition) is 3. The molecule has 2 amide bonds. The van der Waals surface area contributed by atoms with Crippen molar-refractivity contribution < 1.29 is 36.6 Å². The summed E-state index contributed by atoms with van der Waals surface area (Å²) in [6.45, 7) is 3.11. The lowest BCUT2D eigenvalue weighted by Crippen LogP contribution is -2.50. The predicted molar refractivity (Wildman–Crippen MR) is 126 cm³/mol. The Balaban J connectivity index is 1.74. The highest BCUT2D eigenvalue weighted by Crippen LogP contribution is 2.39. The number of halogens is 5. The van der Waals surface area contributed by atoms with Crippen molar-refractivity contribution in [2.24, 2.45) is 0 Å². The number of carbonyl (C=O) groups is 2. The highest BCUT2D eigenvalue weighted by atomic mass is 32.1. The van der Waals surface area contributed by atoms with E-state index in [4.69, 9.17) is 0 Å². The van der Waals surface area contributed by atoms with Gasteiger partial charge in [-0.1, -0.05) is 0 Å². The first kappa shape index (κ1) is 27.2. The molecule has 1 unspecified atom stereocenters. The molecule has 3 heterocycles. The number of rotatable bonds is 7. The van der Waals surface area contributed by atoms with Crippen LogP contribution in [0.15, 0.2) is 12.3 Å². The fraction of sp³-hybridized carbons (Fsp3) is 0.565. The third kappa shape index (κ3) is 5.69. The maximum Gasteiger partial charge on any atom is 0.408 e. The molecule has 202 valence electrons. The van der Waals surface area contributed by atoms with Crippen molar-refractivity contribution in [1.82, 2.24) is 20.2 Å². The Kier molecular flexibility index (Phi) is 7.70. The van der Waals surface area contributed by atoms with Gasteiger partial charge in [-0.3, -0.25) is 9.59 Å². The summed E-state index contributed by atoms with van der Waals surface area (Å²) in [5.74, 6) is -1.61. The van der Waals surface area contributed by atoms with Gasteiger partial charge in [0.15, 0.2) is 5.01 Å². The van der Waals surface area contributed by atoms with E-state index in [0.717, 1.165) is 32.0 Å². The standard InChI is InChI=1S/C23H26F5N5O3S/c1-10-4-3-7-33(10)22(36)17-18(37-21(32-17)20(35)31-14-5-6-15(14)34)13-9-29-16(8-12(13)19(24)25)30-11(2)23(26,27)28/h8-11,14-15,19,34H,3-7H2,1-2H3,(H,29,30)(H,31,35)/t10-,11?,14+,15+/m0/s1. The molecule has 0 radical (unpaired) electrons. The number of nitrogens with zero attached hydrogens (tertiary/aromatic N) is 3. The Morgan fingerprint density at radius 1 is 1.24 bits per heavy atom. The summed E-state index contributed by atoms with van der Waals surface area (Å²) >= 11 is 0.716. The van der Waals surface area contributed by atoms with Gasteiger partial charge >= 0.3 is 6.18 Å². The predicted octanol–water partition coefficient (Wildman–Crippen LogP) is 4.38. The van der Waals surface area contributed by atoms with Gasteiger partial charge in [-0.05, 0) is 45.6 Å². The average Bonchev–Trinajstić information content (AvgIpc) is 3.47. The number of carbonyl (C=O) groups excluding carboxylic acids is 2. The van der Waals surface area contributed by atoms with Gasteiger partial charge in [0.1, 0.15) is 17.6 Å². The second-order valence-corrected chi connectivity index (χ2v) is 10.3. The highest BCUT2D eigenvalue weighted by Gasteiger charge is 2.37. The van der Waals surface area contributed by atoms with Crippen LogP contribution in [0, 0.1) is 0 Å². The van der Waals surface area contributed by atoms with Crippen molar-refractivity contribution in [2.45, 2.75) is 76.4 Å². The van der Waals surface area contributed by atoms with Gasteiger partial charge in [0, 0.05) is 29.9 Å². The van der Waals surface area contributed by atoms with Crippen LogP contribution in [0.1, 0.15) is 71.8 Å². The van der Waals surface area contributed by atoms with E-state index in [1.807, 2.05) is 6.92 Å². The molecule has 4 rings (SSSR count). The monoisotopic (exact) mass is 547 g/mol. The zero-order valence-corrected chi connectivity index (χ0v) is 20.8. The number of aromatic nitrogens is 2. The Bertz CT molecular complexity index is 1170. The van der Waals surface area contributed by atoms with Crippen LogP contribution in [0.2, 0.25) is 0 Å². The lowest BCUT2D eigenvalue weighted by Gasteiger charge is -2.32. The average molecular weight is 548 g/mol. The summed E-state index contributed by atoms with van der Waals surface area (Å²) in [5.41, 5.74) is -1.05. The lowest BCUT2D eigenvalue weighted by atomic mass is 9.89. The van der Waals surface area contributed by atoms with Gasteiger partial charge in [0.2, 0.25) is 0 Å². The summed E-state index contributed by atoms with van der Waals surface area (Å²) in [7, 11) is 0. The minimum atomic E-state index is -4.62. The molecule has 14 heteroatoms. The Labute approximate surface area is 213 Å². The first-order valence-electron chi connectivity index (χ1n) is 11.8. The van der Waals surface area contributed by atoms with Gasteiger partial charge in [0.25, 0.3) is 18.2 Å². The quantitative estimate of drug-likeness (QED) is 0.444. The van der Waals surface area contributed by atoms with Crippen LogP contribution in [0.25, 0.3) is 10.4 Å². The van der Waals surface area contributed by atoms with Crippen molar-refractivity contribution >= 4 is 29.0 Å². The minimum Gasteiger partial charge on any atom is -0.391 e. The van der Waals surface area contributed by atoms with E-state index in [1.54, 1.807) is 4.90 Å². The molecular weight excluding hydrogens is 521 g/mol. The van der Waals surface area contributed by atoms with Crippen molar-refractivity contribution in [3.05, 3.63) is 28.5 Å².